The molecular formula is C28H31N3O. The summed E-state index contributed by atoms with van der Waals surface area (Å²) < 4.78 is 2.34. The van der Waals surface area contributed by atoms with Gasteiger partial charge in [0.2, 0.25) is 5.91 Å². The van der Waals surface area contributed by atoms with Crippen molar-refractivity contribution in [3.63, 3.8) is 0 Å². The summed E-state index contributed by atoms with van der Waals surface area (Å²) in [6.07, 6.45) is 4.51. The highest BCUT2D eigenvalue weighted by Crippen LogP contribution is 2.19. The van der Waals surface area contributed by atoms with E-state index < -0.39 is 0 Å². The van der Waals surface area contributed by atoms with Crippen LogP contribution in [0.3, 0.4) is 0 Å². The summed E-state index contributed by atoms with van der Waals surface area (Å²) in [6.45, 7) is 3.62. The lowest BCUT2D eigenvalue weighted by molar-refractivity contribution is -0.120. The van der Waals surface area contributed by atoms with E-state index in [2.05, 4.69) is 58.4 Å². The predicted molar refractivity (Wildman–Crippen MR) is 131 cm³/mol. The Bertz CT molecular complexity index is 1160. The second-order valence-corrected chi connectivity index (χ2v) is 8.35. The largest absolute Gasteiger partial charge is 0.356 e. The number of para-hydroxylation sites is 2. The molecule has 0 spiro atoms. The van der Waals surface area contributed by atoms with Gasteiger partial charge in [-0.1, -0.05) is 73.2 Å². The van der Waals surface area contributed by atoms with Crippen molar-refractivity contribution in [2.75, 3.05) is 6.54 Å². The number of hydrogen-bond acceptors (Lipinski definition) is 2. The van der Waals surface area contributed by atoms with Crippen LogP contribution in [0.25, 0.3) is 11.0 Å². The first-order valence-corrected chi connectivity index (χ1v) is 11.5. The number of fused-ring (bicyclic) bond motifs is 1. The molecule has 4 heteroatoms. The maximum absolute atomic E-state index is 12.2. The van der Waals surface area contributed by atoms with Crippen LogP contribution in [-0.2, 0) is 24.2 Å². The minimum absolute atomic E-state index is 0.101. The summed E-state index contributed by atoms with van der Waals surface area (Å²) in [5.74, 6) is 1.24. The first-order chi connectivity index (χ1) is 15.7. The zero-order chi connectivity index (χ0) is 22.2. The SMILES string of the molecule is Cc1ccccc1CC(=O)NCCCCCc1nc2ccccc2n1Cc1ccccc1. The second-order valence-electron chi connectivity index (χ2n) is 8.35. The van der Waals surface area contributed by atoms with Crippen molar-refractivity contribution in [1.29, 1.82) is 0 Å². The molecule has 1 amide bonds. The Morgan fingerprint density at radius 2 is 1.62 bits per heavy atom. The molecule has 0 aliphatic heterocycles. The summed E-state index contributed by atoms with van der Waals surface area (Å²) in [5, 5.41) is 3.06. The van der Waals surface area contributed by atoms with Crippen molar-refractivity contribution in [1.82, 2.24) is 14.9 Å². The Morgan fingerprint density at radius 3 is 2.47 bits per heavy atom. The fraction of sp³-hybridized carbons (Fsp3) is 0.286. The van der Waals surface area contributed by atoms with Gasteiger partial charge in [-0.15, -0.1) is 0 Å². The molecule has 0 aliphatic rings. The van der Waals surface area contributed by atoms with Gasteiger partial charge in [0.25, 0.3) is 0 Å². The molecule has 1 N–H and O–H groups in total. The summed E-state index contributed by atoms with van der Waals surface area (Å²) in [5.41, 5.74) is 5.80. The van der Waals surface area contributed by atoms with E-state index in [9.17, 15) is 4.79 Å². The fourth-order valence-corrected chi connectivity index (χ4v) is 4.12. The molecule has 0 aliphatic carbocycles. The normalized spacial score (nSPS) is 11.0. The van der Waals surface area contributed by atoms with E-state index in [1.54, 1.807) is 0 Å². The smallest absolute Gasteiger partial charge is 0.224 e. The minimum Gasteiger partial charge on any atom is -0.356 e. The van der Waals surface area contributed by atoms with Gasteiger partial charge in [-0.05, 0) is 48.6 Å². The lowest BCUT2D eigenvalue weighted by Gasteiger charge is -2.10. The highest BCUT2D eigenvalue weighted by Gasteiger charge is 2.11. The van der Waals surface area contributed by atoms with Crippen LogP contribution in [0.4, 0.5) is 0 Å². The number of rotatable bonds is 10. The Labute approximate surface area is 190 Å². The van der Waals surface area contributed by atoms with Gasteiger partial charge in [0.15, 0.2) is 0 Å². The van der Waals surface area contributed by atoms with Crippen LogP contribution < -0.4 is 5.32 Å². The van der Waals surface area contributed by atoms with E-state index in [0.717, 1.165) is 55.7 Å². The lowest BCUT2D eigenvalue weighted by Crippen LogP contribution is -2.26. The van der Waals surface area contributed by atoms with Gasteiger partial charge >= 0.3 is 0 Å². The molecule has 1 aromatic heterocycles. The van der Waals surface area contributed by atoms with Crippen molar-refractivity contribution < 1.29 is 4.79 Å². The van der Waals surface area contributed by atoms with E-state index in [1.165, 1.54) is 16.6 Å². The van der Waals surface area contributed by atoms with E-state index in [1.807, 2.05) is 37.3 Å². The summed E-state index contributed by atoms with van der Waals surface area (Å²) in [7, 11) is 0. The number of nitrogens with one attached hydrogen (secondary N) is 1. The molecule has 0 saturated carbocycles. The first-order valence-electron chi connectivity index (χ1n) is 11.5. The number of carbonyl (C=O) groups excluding carboxylic acids is 1. The molecule has 4 nitrogen and oxygen atoms in total. The molecule has 3 aromatic carbocycles. The van der Waals surface area contributed by atoms with E-state index in [-0.39, 0.29) is 5.91 Å². The lowest BCUT2D eigenvalue weighted by atomic mass is 10.1. The number of nitrogens with zero attached hydrogens (tertiary/aromatic N) is 2. The van der Waals surface area contributed by atoms with Crippen molar-refractivity contribution in [3.8, 4) is 0 Å². The third-order valence-corrected chi connectivity index (χ3v) is 5.93. The van der Waals surface area contributed by atoms with Crippen molar-refractivity contribution in [3.05, 3.63) is 101 Å². The summed E-state index contributed by atoms with van der Waals surface area (Å²) in [4.78, 5) is 17.1. The number of imidazole rings is 1. The molecule has 1 heterocycles. The van der Waals surface area contributed by atoms with Gasteiger partial charge in [0.05, 0.1) is 17.5 Å². The van der Waals surface area contributed by atoms with Gasteiger partial charge in [0, 0.05) is 19.5 Å². The maximum atomic E-state index is 12.2. The minimum atomic E-state index is 0.101. The average Bonchev–Trinajstić information content (AvgIpc) is 3.15. The highest BCUT2D eigenvalue weighted by molar-refractivity contribution is 5.78. The molecule has 0 bridgehead atoms. The number of amides is 1. The summed E-state index contributed by atoms with van der Waals surface area (Å²) in [6, 6.07) is 27.0. The molecule has 32 heavy (non-hydrogen) atoms. The number of aryl methyl sites for hydroxylation is 2. The van der Waals surface area contributed by atoms with Gasteiger partial charge in [0.1, 0.15) is 5.82 Å². The molecule has 0 atom stereocenters. The molecule has 0 radical (unpaired) electrons. The first kappa shape index (κ1) is 21.8. The third kappa shape index (κ3) is 5.64. The van der Waals surface area contributed by atoms with Crippen LogP contribution in [0.5, 0.6) is 0 Å². The number of carbonyl (C=O) groups is 1. The van der Waals surface area contributed by atoms with Gasteiger partial charge in [-0.2, -0.15) is 0 Å². The second kappa shape index (κ2) is 10.8. The molecule has 0 saturated heterocycles. The predicted octanol–water partition coefficient (Wildman–Crippen LogP) is 5.46. The van der Waals surface area contributed by atoms with Crippen LogP contribution >= 0.6 is 0 Å². The van der Waals surface area contributed by atoms with Gasteiger partial charge < -0.3 is 9.88 Å². The molecule has 0 fully saturated rings. The number of unbranched alkanes of at least 4 members (excludes halogenated alkanes) is 2. The Hall–Kier alpha value is -3.40. The molecular weight excluding hydrogens is 394 g/mol. The molecule has 4 aromatic rings. The zero-order valence-electron chi connectivity index (χ0n) is 18.8. The molecule has 4 rings (SSSR count). The number of aromatic nitrogens is 2. The standard InChI is InChI=1S/C28H31N3O/c1-22-12-7-8-15-24(22)20-28(32)29-19-11-3-6-18-27-30-25-16-9-10-17-26(25)31(27)21-23-13-4-2-5-14-23/h2,4-5,7-10,12-17H,3,6,11,18-21H2,1H3,(H,29,32). The number of hydrogen-bond donors (Lipinski definition) is 1. The van der Waals surface area contributed by atoms with Crippen LogP contribution in [0.2, 0.25) is 0 Å². The van der Waals surface area contributed by atoms with Crippen LogP contribution in [0.15, 0.2) is 78.9 Å². The van der Waals surface area contributed by atoms with E-state index in [4.69, 9.17) is 4.98 Å². The van der Waals surface area contributed by atoms with Crippen molar-refractivity contribution in [2.45, 2.75) is 45.6 Å². The Balaban J connectivity index is 1.27. The number of benzene rings is 3. The van der Waals surface area contributed by atoms with Crippen LogP contribution in [0, 0.1) is 6.92 Å². The topological polar surface area (TPSA) is 46.9 Å². The Kier molecular flexibility index (Phi) is 7.34. The summed E-state index contributed by atoms with van der Waals surface area (Å²) >= 11 is 0. The fourth-order valence-electron chi connectivity index (χ4n) is 4.12. The highest BCUT2D eigenvalue weighted by atomic mass is 16.1. The van der Waals surface area contributed by atoms with Crippen LogP contribution in [-0.4, -0.2) is 22.0 Å². The molecule has 164 valence electrons. The zero-order valence-corrected chi connectivity index (χ0v) is 18.8. The Morgan fingerprint density at radius 1 is 0.875 bits per heavy atom. The van der Waals surface area contributed by atoms with Crippen molar-refractivity contribution >= 4 is 16.9 Å². The quantitative estimate of drug-likeness (QED) is 0.343. The van der Waals surface area contributed by atoms with Gasteiger partial charge in [-0.3, -0.25) is 4.79 Å². The average molecular weight is 426 g/mol. The molecule has 0 unspecified atom stereocenters. The maximum Gasteiger partial charge on any atom is 0.224 e. The van der Waals surface area contributed by atoms with Crippen molar-refractivity contribution in [2.24, 2.45) is 0 Å². The monoisotopic (exact) mass is 425 g/mol. The third-order valence-electron chi connectivity index (χ3n) is 5.93. The van der Waals surface area contributed by atoms with Crippen LogP contribution in [0.1, 0.15) is 41.8 Å². The van der Waals surface area contributed by atoms with E-state index >= 15 is 0 Å². The van der Waals surface area contributed by atoms with Gasteiger partial charge in [-0.25, -0.2) is 4.98 Å². The van der Waals surface area contributed by atoms with E-state index in [0.29, 0.717) is 6.42 Å².